The Morgan fingerprint density at radius 3 is 2.85 bits per heavy atom. The average molecular weight is 353 g/mol. The van der Waals surface area contributed by atoms with E-state index in [0.717, 1.165) is 61.3 Å². The van der Waals surface area contributed by atoms with Crippen LogP contribution in [0.2, 0.25) is 0 Å². The summed E-state index contributed by atoms with van der Waals surface area (Å²) in [7, 11) is 0. The maximum absolute atomic E-state index is 11.4. The van der Waals surface area contributed by atoms with Crippen molar-refractivity contribution >= 4 is 17.9 Å². The summed E-state index contributed by atoms with van der Waals surface area (Å²) >= 11 is 0. The molecule has 0 saturated carbocycles. The van der Waals surface area contributed by atoms with Crippen molar-refractivity contribution in [1.29, 1.82) is 0 Å². The highest BCUT2D eigenvalue weighted by atomic mass is 16.3. The Morgan fingerprint density at radius 2 is 2.12 bits per heavy atom. The van der Waals surface area contributed by atoms with Crippen LogP contribution in [0, 0.1) is 5.92 Å². The third kappa shape index (κ3) is 3.30. The minimum Gasteiger partial charge on any atom is -0.453 e. The second-order valence-corrected chi connectivity index (χ2v) is 7.11. The predicted octanol–water partition coefficient (Wildman–Crippen LogP) is 3.03. The highest BCUT2D eigenvalue weighted by molar-refractivity contribution is 5.89. The summed E-state index contributed by atoms with van der Waals surface area (Å²) in [4.78, 5) is 22.7. The van der Waals surface area contributed by atoms with Crippen molar-refractivity contribution in [2.24, 2.45) is 5.92 Å². The number of piperidine rings is 1. The average Bonchev–Trinajstić information content (AvgIpc) is 2.84. The van der Waals surface area contributed by atoms with Gasteiger partial charge < -0.3 is 9.73 Å². The van der Waals surface area contributed by atoms with E-state index in [0.29, 0.717) is 17.6 Å². The van der Waals surface area contributed by atoms with Crippen LogP contribution in [0.25, 0.3) is 11.3 Å². The number of amides is 1. The topological polar surface area (TPSA) is 74.6 Å². The van der Waals surface area contributed by atoms with Gasteiger partial charge in [-0.25, -0.2) is 5.01 Å². The van der Waals surface area contributed by atoms with Gasteiger partial charge in [0.25, 0.3) is 0 Å². The van der Waals surface area contributed by atoms with Crippen molar-refractivity contribution < 1.29 is 14.0 Å². The second kappa shape index (κ2) is 7.05. The number of rotatable bonds is 4. The van der Waals surface area contributed by atoms with Gasteiger partial charge >= 0.3 is 0 Å². The molecule has 0 aliphatic carbocycles. The van der Waals surface area contributed by atoms with Crippen LogP contribution in [-0.4, -0.2) is 36.8 Å². The second-order valence-electron chi connectivity index (χ2n) is 7.11. The maximum atomic E-state index is 11.4. The molecule has 6 heteroatoms. The minimum atomic E-state index is -0.116. The number of fused-ring (bicyclic) bond motifs is 4. The van der Waals surface area contributed by atoms with E-state index in [1.54, 1.807) is 0 Å². The van der Waals surface area contributed by atoms with Crippen molar-refractivity contribution in [3.8, 4) is 11.3 Å². The highest BCUT2D eigenvalue weighted by Gasteiger charge is 2.34. The normalized spacial score (nSPS) is 24.9. The quantitative estimate of drug-likeness (QED) is 0.827. The number of carbonyl (C=O) groups excluding carboxylic acids is 2. The first-order valence-electron chi connectivity index (χ1n) is 9.09. The van der Waals surface area contributed by atoms with Gasteiger partial charge in [-0.05, 0) is 37.0 Å². The van der Waals surface area contributed by atoms with Crippen molar-refractivity contribution in [2.45, 2.75) is 25.7 Å². The Morgan fingerprint density at radius 1 is 1.31 bits per heavy atom. The van der Waals surface area contributed by atoms with Gasteiger partial charge in [0.1, 0.15) is 5.76 Å². The fourth-order valence-electron chi connectivity index (χ4n) is 4.14. The SMILES string of the molecule is CC(=O)Nc1cccc(-c2oc(C=O)cc2C2CNN3CCC2CC3)c1. The maximum Gasteiger partial charge on any atom is 0.221 e. The van der Waals surface area contributed by atoms with E-state index in [2.05, 4.69) is 15.8 Å². The Balaban J connectivity index is 1.74. The molecule has 26 heavy (non-hydrogen) atoms. The molecule has 1 aromatic heterocycles. The summed E-state index contributed by atoms with van der Waals surface area (Å²) < 4.78 is 5.89. The molecule has 2 N–H and O–H groups in total. The third-order valence-corrected chi connectivity index (χ3v) is 5.38. The molecule has 1 amide bonds. The predicted molar refractivity (Wildman–Crippen MR) is 98.9 cm³/mol. The molecule has 1 aromatic carbocycles. The summed E-state index contributed by atoms with van der Waals surface area (Å²) in [5.74, 6) is 1.84. The first kappa shape index (κ1) is 17.0. The molecule has 3 aliphatic heterocycles. The Hall–Kier alpha value is -2.44. The van der Waals surface area contributed by atoms with E-state index in [9.17, 15) is 9.59 Å². The van der Waals surface area contributed by atoms with Gasteiger partial charge in [0.05, 0.1) is 0 Å². The van der Waals surface area contributed by atoms with Crippen LogP contribution in [0.1, 0.15) is 41.8 Å². The van der Waals surface area contributed by atoms with Crippen molar-refractivity contribution in [1.82, 2.24) is 10.4 Å². The molecule has 5 rings (SSSR count). The van der Waals surface area contributed by atoms with E-state index in [4.69, 9.17) is 4.42 Å². The summed E-state index contributed by atoms with van der Waals surface area (Å²) in [5.41, 5.74) is 6.18. The summed E-state index contributed by atoms with van der Waals surface area (Å²) in [5, 5.41) is 5.09. The molecule has 1 unspecified atom stereocenters. The van der Waals surface area contributed by atoms with E-state index < -0.39 is 0 Å². The highest BCUT2D eigenvalue weighted by Crippen LogP contribution is 2.41. The number of aldehydes is 1. The zero-order valence-electron chi connectivity index (χ0n) is 14.8. The third-order valence-electron chi connectivity index (χ3n) is 5.38. The van der Waals surface area contributed by atoms with Crippen LogP contribution in [-0.2, 0) is 4.79 Å². The van der Waals surface area contributed by atoms with E-state index >= 15 is 0 Å². The van der Waals surface area contributed by atoms with Crippen LogP contribution in [0.15, 0.2) is 34.7 Å². The zero-order valence-corrected chi connectivity index (χ0v) is 14.8. The monoisotopic (exact) mass is 353 g/mol. The number of carbonyl (C=O) groups is 2. The van der Waals surface area contributed by atoms with Crippen LogP contribution in [0.3, 0.4) is 0 Å². The molecular weight excluding hydrogens is 330 g/mol. The summed E-state index contributed by atoms with van der Waals surface area (Å²) in [6.45, 7) is 4.46. The molecular formula is C20H23N3O3. The van der Waals surface area contributed by atoms with Crippen LogP contribution in [0.4, 0.5) is 5.69 Å². The molecule has 2 aromatic rings. The van der Waals surface area contributed by atoms with Gasteiger partial charge in [-0.3, -0.25) is 15.0 Å². The van der Waals surface area contributed by atoms with Crippen molar-refractivity contribution in [3.63, 3.8) is 0 Å². The molecule has 136 valence electrons. The first-order chi connectivity index (χ1) is 12.6. The molecule has 4 heterocycles. The number of nitrogens with zero attached hydrogens (tertiary/aromatic N) is 1. The lowest BCUT2D eigenvalue weighted by Crippen LogP contribution is -2.39. The van der Waals surface area contributed by atoms with Gasteiger partial charge in [0, 0.05) is 49.3 Å². The Bertz CT molecular complexity index is 821. The molecule has 0 radical (unpaired) electrons. The first-order valence-corrected chi connectivity index (χ1v) is 9.09. The van der Waals surface area contributed by atoms with E-state index in [1.165, 1.54) is 6.92 Å². The van der Waals surface area contributed by atoms with Gasteiger partial charge in [0.2, 0.25) is 5.91 Å². The van der Waals surface area contributed by atoms with Gasteiger partial charge in [-0.2, -0.15) is 0 Å². The standard InChI is InChI=1S/C20H23N3O3/c1-13(25)22-16-4-2-3-15(9-16)20-18(10-17(12-24)26-20)19-11-21-23-7-5-14(19)6-8-23/h2-4,9-10,12,14,19,21H,5-8,11H2,1H3,(H,22,25). The number of benzene rings is 1. The number of furan rings is 1. The minimum absolute atomic E-state index is 0.116. The zero-order chi connectivity index (χ0) is 18.1. The molecule has 0 spiro atoms. The number of hydrogen-bond donors (Lipinski definition) is 2. The van der Waals surface area contributed by atoms with Crippen molar-refractivity contribution in [3.05, 3.63) is 41.7 Å². The molecule has 2 bridgehead atoms. The van der Waals surface area contributed by atoms with Crippen LogP contribution < -0.4 is 10.7 Å². The van der Waals surface area contributed by atoms with E-state index in [1.807, 2.05) is 30.3 Å². The Labute approximate surface area is 152 Å². The molecule has 6 nitrogen and oxygen atoms in total. The fourth-order valence-corrected chi connectivity index (χ4v) is 4.14. The number of hydrazine groups is 1. The lowest BCUT2D eigenvalue weighted by molar-refractivity contribution is -0.114. The summed E-state index contributed by atoms with van der Waals surface area (Å²) in [6.07, 6.45) is 3.05. The van der Waals surface area contributed by atoms with Crippen molar-refractivity contribution in [2.75, 3.05) is 25.0 Å². The van der Waals surface area contributed by atoms with Crippen LogP contribution >= 0.6 is 0 Å². The lowest BCUT2D eigenvalue weighted by atomic mass is 9.80. The van der Waals surface area contributed by atoms with Gasteiger partial charge in [-0.1, -0.05) is 12.1 Å². The summed E-state index contributed by atoms with van der Waals surface area (Å²) in [6, 6.07) is 9.46. The number of hydrogen-bond acceptors (Lipinski definition) is 5. The molecule has 1 atom stereocenters. The smallest absolute Gasteiger partial charge is 0.221 e. The lowest BCUT2D eigenvalue weighted by Gasteiger charge is -2.28. The molecule has 3 saturated heterocycles. The van der Waals surface area contributed by atoms with Gasteiger partial charge in [0.15, 0.2) is 12.0 Å². The van der Waals surface area contributed by atoms with Gasteiger partial charge in [-0.15, -0.1) is 0 Å². The molecule has 3 fully saturated rings. The fraction of sp³-hybridized carbons (Fsp3) is 0.400. The van der Waals surface area contributed by atoms with Crippen LogP contribution in [0.5, 0.6) is 0 Å². The Kier molecular flexibility index (Phi) is 4.61. The number of anilines is 1. The largest absolute Gasteiger partial charge is 0.453 e. The molecule has 3 aliphatic rings. The van der Waals surface area contributed by atoms with E-state index in [-0.39, 0.29) is 5.91 Å². The number of nitrogens with one attached hydrogen (secondary N) is 2.